The number of carbonyl (C=O) groups excluding carboxylic acids is 1. The predicted octanol–water partition coefficient (Wildman–Crippen LogP) is 3.06. The van der Waals surface area contributed by atoms with Crippen molar-refractivity contribution < 1.29 is 9.53 Å². The van der Waals surface area contributed by atoms with Crippen molar-refractivity contribution in [2.45, 2.75) is 46.1 Å². The second-order valence-corrected chi connectivity index (χ2v) is 8.30. The van der Waals surface area contributed by atoms with Crippen LogP contribution in [0.4, 0.5) is 0 Å². The normalized spacial score (nSPS) is 17.0. The number of piperazine rings is 1. The number of benzene rings is 1. The summed E-state index contributed by atoms with van der Waals surface area (Å²) in [4.78, 5) is 16.4. The first-order valence-corrected chi connectivity index (χ1v) is 9.37. The van der Waals surface area contributed by atoms with Gasteiger partial charge in [0.15, 0.2) is 6.61 Å². The summed E-state index contributed by atoms with van der Waals surface area (Å²) in [5.74, 6) is 1.01. The molecule has 0 bridgehead atoms. The van der Waals surface area contributed by atoms with Crippen molar-refractivity contribution in [2.24, 2.45) is 5.92 Å². The van der Waals surface area contributed by atoms with Gasteiger partial charge < -0.3 is 9.64 Å². The standard InChI is InChI=1S/C21H31N3O2/c1-16(2)19(14-22)23-10-12-24(13-11-23)20(25)15-26-18-8-6-17(7-9-18)21(3,4)5/h6-9,16,19H,10-13,15H2,1-5H3. The first-order chi connectivity index (χ1) is 12.2. The van der Waals surface area contributed by atoms with Gasteiger partial charge in [-0.2, -0.15) is 5.26 Å². The van der Waals surface area contributed by atoms with Gasteiger partial charge in [0, 0.05) is 26.2 Å². The van der Waals surface area contributed by atoms with Gasteiger partial charge in [0.1, 0.15) is 11.8 Å². The van der Waals surface area contributed by atoms with Crippen LogP contribution in [0.2, 0.25) is 0 Å². The molecule has 26 heavy (non-hydrogen) atoms. The Morgan fingerprint density at radius 3 is 2.19 bits per heavy atom. The molecule has 0 N–H and O–H groups in total. The number of rotatable bonds is 5. The minimum Gasteiger partial charge on any atom is -0.484 e. The zero-order valence-electron chi connectivity index (χ0n) is 16.7. The summed E-state index contributed by atoms with van der Waals surface area (Å²) in [5, 5.41) is 9.31. The lowest BCUT2D eigenvalue weighted by Gasteiger charge is -2.38. The number of amides is 1. The molecule has 0 aliphatic carbocycles. The Balaban J connectivity index is 1.82. The molecule has 0 radical (unpaired) electrons. The van der Waals surface area contributed by atoms with E-state index in [-0.39, 0.29) is 24.0 Å². The third-order valence-electron chi connectivity index (χ3n) is 4.91. The SMILES string of the molecule is CC(C)C(C#N)N1CCN(C(=O)COc2ccc(C(C)(C)C)cc2)CC1. The third-order valence-corrected chi connectivity index (χ3v) is 4.91. The molecule has 1 unspecified atom stereocenters. The van der Waals surface area contributed by atoms with Gasteiger partial charge in [-0.25, -0.2) is 0 Å². The van der Waals surface area contributed by atoms with Crippen LogP contribution in [-0.2, 0) is 10.2 Å². The van der Waals surface area contributed by atoms with Crippen LogP contribution >= 0.6 is 0 Å². The Morgan fingerprint density at radius 2 is 1.73 bits per heavy atom. The number of nitriles is 1. The van der Waals surface area contributed by atoms with E-state index in [4.69, 9.17) is 4.74 Å². The fourth-order valence-electron chi connectivity index (χ4n) is 3.19. The van der Waals surface area contributed by atoms with Crippen molar-refractivity contribution in [3.63, 3.8) is 0 Å². The zero-order valence-corrected chi connectivity index (χ0v) is 16.7. The summed E-state index contributed by atoms with van der Waals surface area (Å²) in [6, 6.07) is 10.2. The summed E-state index contributed by atoms with van der Waals surface area (Å²) in [7, 11) is 0. The van der Waals surface area contributed by atoms with Gasteiger partial charge in [0.25, 0.3) is 5.91 Å². The van der Waals surface area contributed by atoms with Gasteiger partial charge in [-0.15, -0.1) is 0 Å². The second-order valence-electron chi connectivity index (χ2n) is 8.30. The van der Waals surface area contributed by atoms with Crippen LogP contribution in [0, 0.1) is 17.2 Å². The topological polar surface area (TPSA) is 56.6 Å². The molecule has 0 spiro atoms. The van der Waals surface area contributed by atoms with E-state index in [1.54, 1.807) is 0 Å². The largest absolute Gasteiger partial charge is 0.484 e. The van der Waals surface area contributed by atoms with E-state index in [0.29, 0.717) is 24.8 Å². The fraction of sp³-hybridized carbons (Fsp3) is 0.619. The van der Waals surface area contributed by atoms with E-state index >= 15 is 0 Å². The smallest absolute Gasteiger partial charge is 0.260 e. The summed E-state index contributed by atoms with van der Waals surface area (Å²) in [6.45, 7) is 13.5. The summed E-state index contributed by atoms with van der Waals surface area (Å²) in [6.07, 6.45) is 0. The van der Waals surface area contributed by atoms with E-state index in [2.05, 4.69) is 45.6 Å². The van der Waals surface area contributed by atoms with Gasteiger partial charge >= 0.3 is 0 Å². The summed E-state index contributed by atoms with van der Waals surface area (Å²) in [5.41, 5.74) is 1.34. The molecule has 5 heteroatoms. The second kappa shape index (κ2) is 8.55. The van der Waals surface area contributed by atoms with Crippen LogP contribution in [0.5, 0.6) is 5.75 Å². The molecule has 5 nitrogen and oxygen atoms in total. The Morgan fingerprint density at radius 1 is 1.15 bits per heavy atom. The van der Waals surface area contributed by atoms with Gasteiger partial charge in [0.05, 0.1) is 6.07 Å². The van der Waals surface area contributed by atoms with Crippen molar-refractivity contribution in [2.75, 3.05) is 32.8 Å². The average Bonchev–Trinajstić information content (AvgIpc) is 2.60. The monoisotopic (exact) mass is 357 g/mol. The van der Waals surface area contributed by atoms with Crippen LogP contribution in [0.25, 0.3) is 0 Å². The lowest BCUT2D eigenvalue weighted by Crippen LogP contribution is -2.53. The van der Waals surface area contributed by atoms with E-state index in [0.717, 1.165) is 13.1 Å². The molecule has 1 aliphatic rings. The lowest BCUT2D eigenvalue weighted by molar-refractivity contribution is -0.135. The maximum atomic E-state index is 12.4. The Labute approximate surface area is 157 Å². The quantitative estimate of drug-likeness (QED) is 0.813. The van der Waals surface area contributed by atoms with E-state index < -0.39 is 0 Å². The van der Waals surface area contributed by atoms with Crippen molar-refractivity contribution in [3.05, 3.63) is 29.8 Å². The van der Waals surface area contributed by atoms with Crippen LogP contribution in [0.3, 0.4) is 0 Å². The number of hydrogen-bond acceptors (Lipinski definition) is 4. The molecule has 1 saturated heterocycles. The Bertz CT molecular complexity index is 633. The first-order valence-electron chi connectivity index (χ1n) is 9.37. The minimum absolute atomic E-state index is 0.00241. The zero-order chi connectivity index (χ0) is 19.3. The number of nitrogens with zero attached hydrogens (tertiary/aromatic N) is 3. The molecule has 1 heterocycles. The van der Waals surface area contributed by atoms with Crippen LogP contribution < -0.4 is 4.74 Å². The molecule has 1 fully saturated rings. The predicted molar refractivity (Wildman–Crippen MR) is 103 cm³/mol. The van der Waals surface area contributed by atoms with Crippen molar-refractivity contribution >= 4 is 5.91 Å². The molecular formula is C21H31N3O2. The molecule has 142 valence electrons. The van der Waals surface area contributed by atoms with Crippen LogP contribution in [0.1, 0.15) is 40.2 Å². The molecule has 1 amide bonds. The van der Waals surface area contributed by atoms with Gasteiger partial charge in [0.2, 0.25) is 0 Å². The Kier molecular flexibility index (Phi) is 6.66. The van der Waals surface area contributed by atoms with Crippen LogP contribution in [-0.4, -0.2) is 54.5 Å². The molecule has 0 aromatic heterocycles. The lowest BCUT2D eigenvalue weighted by atomic mass is 9.87. The minimum atomic E-state index is -0.0789. The van der Waals surface area contributed by atoms with Crippen LogP contribution in [0.15, 0.2) is 24.3 Å². The van der Waals surface area contributed by atoms with Crippen molar-refractivity contribution in [3.8, 4) is 11.8 Å². The number of carbonyl (C=O) groups is 1. The average molecular weight is 357 g/mol. The van der Waals surface area contributed by atoms with E-state index in [9.17, 15) is 10.1 Å². The summed E-state index contributed by atoms with van der Waals surface area (Å²) >= 11 is 0. The summed E-state index contributed by atoms with van der Waals surface area (Å²) < 4.78 is 5.67. The van der Waals surface area contributed by atoms with Gasteiger partial charge in [-0.3, -0.25) is 9.69 Å². The molecular weight excluding hydrogens is 326 g/mol. The molecule has 0 saturated carbocycles. The van der Waals surface area contributed by atoms with Crippen molar-refractivity contribution in [1.82, 2.24) is 9.80 Å². The first kappa shape index (κ1) is 20.3. The van der Waals surface area contributed by atoms with E-state index in [1.165, 1.54) is 5.56 Å². The highest BCUT2D eigenvalue weighted by Gasteiger charge is 2.27. The highest BCUT2D eigenvalue weighted by molar-refractivity contribution is 5.77. The van der Waals surface area contributed by atoms with Crippen molar-refractivity contribution in [1.29, 1.82) is 5.26 Å². The molecule has 2 rings (SSSR count). The number of ether oxygens (including phenoxy) is 1. The van der Waals surface area contributed by atoms with Gasteiger partial charge in [-0.1, -0.05) is 46.8 Å². The molecule has 1 aliphatic heterocycles. The maximum Gasteiger partial charge on any atom is 0.260 e. The fourth-order valence-corrected chi connectivity index (χ4v) is 3.19. The third kappa shape index (κ3) is 5.22. The van der Waals surface area contributed by atoms with Gasteiger partial charge in [-0.05, 0) is 29.0 Å². The maximum absolute atomic E-state index is 12.4. The molecule has 1 aromatic carbocycles. The highest BCUT2D eigenvalue weighted by Crippen LogP contribution is 2.24. The Hall–Kier alpha value is -2.06. The highest BCUT2D eigenvalue weighted by atomic mass is 16.5. The molecule has 1 atom stereocenters. The number of hydrogen-bond donors (Lipinski definition) is 0. The van der Waals surface area contributed by atoms with E-state index in [1.807, 2.05) is 29.2 Å². The molecule has 1 aromatic rings.